The third-order valence-corrected chi connectivity index (χ3v) is 15.5. The van der Waals surface area contributed by atoms with Crippen LogP contribution in [0.4, 0.5) is 20.3 Å². The van der Waals surface area contributed by atoms with Gasteiger partial charge in [0.2, 0.25) is 0 Å². The molecule has 0 spiro atoms. The van der Waals surface area contributed by atoms with E-state index >= 15 is 0 Å². The Morgan fingerprint density at radius 1 is 0.596 bits per heavy atom. The van der Waals surface area contributed by atoms with Gasteiger partial charge in [0.25, 0.3) is 0 Å². The summed E-state index contributed by atoms with van der Waals surface area (Å²) in [4.78, 5) is 48.3. The van der Waals surface area contributed by atoms with Crippen molar-refractivity contribution in [1.82, 2.24) is 19.8 Å². The largest absolute Gasteiger partial charge is 0.359 e. The molecule has 278 valence electrons. The number of nitrogens with zero attached hydrogens (tertiary/aromatic N) is 6. The highest BCUT2D eigenvalue weighted by Gasteiger charge is 2.31. The highest BCUT2D eigenvalue weighted by Crippen LogP contribution is 2.44. The van der Waals surface area contributed by atoms with E-state index in [1.165, 1.54) is 110 Å². The molecule has 2 aliphatic heterocycles. The average molecular weight is 820 g/mol. The first-order valence-electron chi connectivity index (χ1n) is 18.5. The van der Waals surface area contributed by atoms with E-state index in [-0.39, 0.29) is 0 Å². The third kappa shape index (κ3) is 8.34. The minimum absolute atomic E-state index is 0.383. The first-order chi connectivity index (χ1) is 25.4. The van der Waals surface area contributed by atoms with Crippen LogP contribution in [0.25, 0.3) is 21.1 Å². The summed E-state index contributed by atoms with van der Waals surface area (Å²) < 4.78 is 0. The number of halogens is 2. The van der Waals surface area contributed by atoms with Gasteiger partial charge in [-0.05, 0) is 37.8 Å². The summed E-state index contributed by atoms with van der Waals surface area (Å²) in [6, 6.07) is 5.20. The second-order valence-corrected chi connectivity index (χ2v) is 18.8. The zero-order valence-electron chi connectivity index (χ0n) is 29.1. The summed E-state index contributed by atoms with van der Waals surface area (Å²) >= 11 is 18.5. The Kier molecular flexibility index (Phi) is 11.7. The monoisotopic (exact) mass is 818 g/mol. The van der Waals surface area contributed by atoms with Crippen LogP contribution in [0.3, 0.4) is 0 Å². The third-order valence-electron chi connectivity index (χ3n) is 10.9. The van der Waals surface area contributed by atoms with Crippen LogP contribution in [0.15, 0.2) is 22.9 Å². The number of thiazole rings is 2. The standard InChI is InChI=1S/C36H44Cl2N8O2S4/c37-23-19-27(49-21-23)29-33(45-15-11-43(12-16-45)25-7-3-1-4-8-25)51-35(39-29)41-31(47)32(48)42-36-40-30(28-20-24(38)22-50-28)34(52-36)46-17-13-44(14-18-46)26-9-5-2-6-10-26/h19-22,25-26H,1-18H2,(H,39,41,47)(H,40,42,48). The molecule has 16 heteroatoms. The van der Waals surface area contributed by atoms with E-state index in [2.05, 4.69) is 30.2 Å². The number of thiophene rings is 2. The number of amides is 2. The lowest BCUT2D eigenvalue weighted by Gasteiger charge is -2.41. The highest BCUT2D eigenvalue weighted by atomic mass is 35.5. The van der Waals surface area contributed by atoms with Crippen molar-refractivity contribution < 1.29 is 9.59 Å². The van der Waals surface area contributed by atoms with Crippen molar-refractivity contribution in [3.8, 4) is 21.1 Å². The van der Waals surface area contributed by atoms with Crippen molar-refractivity contribution in [3.05, 3.63) is 32.9 Å². The molecule has 10 nitrogen and oxygen atoms in total. The van der Waals surface area contributed by atoms with Crippen LogP contribution in [-0.2, 0) is 9.59 Å². The molecule has 0 bridgehead atoms. The van der Waals surface area contributed by atoms with Gasteiger partial charge in [-0.15, -0.1) is 22.7 Å². The molecule has 2 N–H and O–H groups in total. The molecule has 8 rings (SSSR count). The lowest BCUT2D eigenvalue weighted by atomic mass is 9.94. The summed E-state index contributed by atoms with van der Waals surface area (Å²) in [7, 11) is 0. The maximum Gasteiger partial charge on any atom is 0.315 e. The molecule has 2 aliphatic carbocycles. The summed E-state index contributed by atoms with van der Waals surface area (Å²) in [6.07, 6.45) is 13.2. The Bertz CT molecular complexity index is 1710. The van der Waals surface area contributed by atoms with Crippen LogP contribution in [0.2, 0.25) is 10.0 Å². The number of carbonyl (C=O) groups is 2. The number of nitrogens with one attached hydrogen (secondary N) is 2. The summed E-state index contributed by atoms with van der Waals surface area (Å²) in [6.45, 7) is 7.56. The van der Waals surface area contributed by atoms with Crippen molar-refractivity contribution in [2.75, 3.05) is 72.8 Å². The summed E-state index contributed by atoms with van der Waals surface area (Å²) in [5, 5.41) is 13.4. The second kappa shape index (κ2) is 16.6. The van der Waals surface area contributed by atoms with E-state index in [4.69, 9.17) is 33.2 Å². The number of piperazine rings is 2. The SMILES string of the molecule is O=C(Nc1nc(-c2cc(Cl)cs2)c(N2CCN(C3CCCCC3)CC2)s1)C(=O)Nc1nc(-c2cc(Cl)cs2)c(N2CCN(C3CCCCC3)CC2)s1. The Labute approximate surface area is 331 Å². The number of rotatable bonds is 8. The van der Waals surface area contributed by atoms with Gasteiger partial charge in [0.05, 0.1) is 19.8 Å². The van der Waals surface area contributed by atoms with E-state index < -0.39 is 11.8 Å². The molecule has 4 aromatic rings. The van der Waals surface area contributed by atoms with Crippen molar-refractivity contribution in [3.63, 3.8) is 0 Å². The fraction of sp³-hybridized carbons (Fsp3) is 0.556. The first-order valence-corrected chi connectivity index (χ1v) is 22.6. The molecule has 52 heavy (non-hydrogen) atoms. The number of anilines is 4. The van der Waals surface area contributed by atoms with E-state index in [1.54, 1.807) is 0 Å². The second-order valence-electron chi connectivity index (χ2n) is 14.1. The zero-order chi connectivity index (χ0) is 35.6. The Morgan fingerprint density at radius 2 is 0.981 bits per heavy atom. The molecule has 4 aromatic heterocycles. The van der Waals surface area contributed by atoms with Crippen LogP contribution in [0.5, 0.6) is 0 Å². The lowest BCUT2D eigenvalue weighted by molar-refractivity contribution is -0.132. The van der Waals surface area contributed by atoms with Gasteiger partial charge in [-0.1, -0.05) is 84.4 Å². The molecule has 2 saturated heterocycles. The predicted molar refractivity (Wildman–Crippen MR) is 219 cm³/mol. The molecular weight excluding hydrogens is 776 g/mol. The zero-order valence-corrected chi connectivity index (χ0v) is 33.9. The molecule has 4 aliphatic rings. The van der Waals surface area contributed by atoms with E-state index in [9.17, 15) is 9.59 Å². The molecule has 0 aromatic carbocycles. The molecule has 6 heterocycles. The molecule has 0 atom stereocenters. The van der Waals surface area contributed by atoms with Gasteiger partial charge >= 0.3 is 11.8 Å². The molecule has 2 amide bonds. The van der Waals surface area contributed by atoms with Crippen molar-refractivity contribution in [1.29, 1.82) is 0 Å². The van der Waals surface area contributed by atoms with Crippen LogP contribution in [0.1, 0.15) is 64.2 Å². The van der Waals surface area contributed by atoms with Crippen molar-refractivity contribution >= 4 is 101 Å². The van der Waals surface area contributed by atoms with Gasteiger partial charge in [-0.25, -0.2) is 9.97 Å². The molecule has 0 radical (unpaired) electrons. The van der Waals surface area contributed by atoms with Crippen molar-refractivity contribution in [2.24, 2.45) is 0 Å². The smallest absolute Gasteiger partial charge is 0.315 e. The molecule has 4 fully saturated rings. The van der Waals surface area contributed by atoms with Crippen LogP contribution < -0.4 is 20.4 Å². The predicted octanol–water partition coefficient (Wildman–Crippen LogP) is 8.85. The summed E-state index contributed by atoms with van der Waals surface area (Å²) in [5.41, 5.74) is 1.58. The molecular formula is C36H44Cl2N8O2S4. The quantitative estimate of drug-likeness (QED) is 0.170. The fourth-order valence-corrected chi connectivity index (χ4v) is 12.4. The fourth-order valence-electron chi connectivity index (χ4n) is 8.14. The van der Waals surface area contributed by atoms with Gasteiger partial charge < -0.3 is 9.80 Å². The van der Waals surface area contributed by atoms with Gasteiger partial charge in [0.15, 0.2) is 10.3 Å². The van der Waals surface area contributed by atoms with E-state index in [0.717, 1.165) is 83.5 Å². The average Bonchev–Trinajstić information content (AvgIpc) is 4.00. The first kappa shape index (κ1) is 36.7. The number of hydrogen-bond acceptors (Lipinski definition) is 12. The lowest BCUT2D eigenvalue weighted by Crippen LogP contribution is -2.50. The minimum Gasteiger partial charge on any atom is -0.359 e. The van der Waals surface area contributed by atoms with Crippen molar-refractivity contribution in [2.45, 2.75) is 76.3 Å². The number of carbonyl (C=O) groups excluding carboxylic acids is 2. The summed E-state index contributed by atoms with van der Waals surface area (Å²) in [5.74, 6) is -1.56. The molecule has 2 saturated carbocycles. The number of hydrogen-bond donors (Lipinski definition) is 2. The number of aromatic nitrogens is 2. The maximum atomic E-state index is 13.4. The maximum absolute atomic E-state index is 13.4. The minimum atomic E-state index is -0.781. The normalized spacial score (nSPS) is 20.0. The Morgan fingerprint density at radius 3 is 1.33 bits per heavy atom. The van der Waals surface area contributed by atoms with E-state index in [1.807, 2.05) is 22.9 Å². The Hall–Kier alpha value is -2.30. The highest BCUT2D eigenvalue weighted by molar-refractivity contribution is 7.22. The van der Waals surface area contributed by atoms with Crippen LogP contribution in [0, 0.1) is 0 Å². The van der Waals surface area contributed by atoms with Gasteiger partial charge in [-0.2, -0.15) is 0 Å². The molecule has 0 unspecified atom stereocenters. The van der Waals surface area contributed by atoms with Crippen LogP contribution in [-0.4, -0.2) is 96.0 Å². The van der Waals surface area contributed by atoms with Crippen LogP contribution >= 0.6 is 68.5 Å². The van der Waals surface area contributed by atoms with Gasteiger partial charge in [0, 0.05) is 75.2 Å². The Balaban J connectivity index is 0.954. The van der Waals surface area contributed by atoms with Gasteiger partial charge in [-0.3, -0.25) is 30.0 Å². The topological polar surface area (TPSA) is 96.9 Å². The van der Waals surface area contributed by atoms with E-state index in [0.29, 0.717) is 32.4 Å². The van der Waals surface area contributed by atoms with Gasteiger partial charge in [0.1, 0.15) is 21.4 Å².